The number of nitrogens with two attached hydrogens (primary N) is 1. The van der Waals surface area contributed by atoms with Crippen LogP contribution in [0.5, 0.6) is 0 Å². The van der Waals surface area contributed by atoms with Gasteiger partial charge in [-0.2, -0.15) is 4.98 Å². The van der Waals surface area contributed by atoms with Crippen LogP contribution in [0.4, 0.5) is 0 Å². The Morgan fingerprint density at radius 3 is 2.82 bits per heavy atom. The summed E-state index contributed by atoms with van der Waals surface area (Å²) in [7, 11) is 2.08. The second-order valence-corrected chi connectivity index (χ2v) is 4.59. The van der Waals surface area contributed by atoms with Gasteiger partial charge in [-0.25, -0.2) is 0 Å². The molecular formula is C11H21N5O. The smallest absolute Gasteiger partial charge is 0.240 e. The molecular weight excluding hydrogens is 218 g/mol. The van der Waals surface area contributed by atoms with E-state index in [1.807, 2.05) is 0 Å². The number of hydrogen-bond donors (Lipinski definition) is 1. The van der Waals surface area contributed by atoms with E-state index in [1.54, 1.807) is 0 Å². The Morgan fingerprint density at radius 1 is 1.41 bits per heavy atom. The zero-order valence-electron chi connectivity index (χ0n) is 10.4. The molecule has 0 saturated carbocycles. The van der Waals surface area contributed by atoms with Gasteiger partial charge in [0.25, 0.3) is 0 Å². The van der Waals surface area contributed by atoms with Crippen LogP contribution in [-0.2, 0) is 13.1 Å². The minimum atomic E-state index is 0.310. The van der Waals surface area contributed by atoms with Crippen molar-refractivity contribution in [2.75, 3.05) is 33.2 Å². The molecule has 2 heterocycles. The highest BCUT2D eigenvalue weighted by molar-refractivity contribution is 4.85. The predicted octanol–water partition coefficient (Wildman–Crippen LogP) is 0.0559. The van der Waals surface area contributed by atoms with Crippen molar-refractivity contribution in [2.24, 2.45) is 5.73 Å². The fourth-order valence-electron chi connectivity index (χ4n) is 2.08. The lowest BCUT2D eigenvalue weighted by Crippen LogP contribution is -2.31. The van der Waals surface area contributed by atoms with Gasteiger partial charge in [0, 0.05) is 13.1 Å². The number of likely N-dealkylation sites (tertiary alicyclic amines) is 1. The third kappa shape index (κ3) is 3.76. The topological polar surface area (TPSA) is 71.4 Å². The van der Waals surface area contributed by atoms with Crippen molar-refractivity contribution in [3.63, 3.8) is 0 Å². The maximum atomic E-state index is 5.42. The first-order chi connectivity index (χ1) is 8.28. The lowest BCUT2D eigenvalue weighted by molar-refractivity contribution is 0.246. The lowest BCUT2D eigenvalue weighted by Gasteiger charge is -2.19. The Hall–Kier alpha value is -0.980. The highest BCUT2D eigenvalue weighted by atomic mass is 16.5. The molecule has 0 radical (unpaired) electrons. The van der Waals surface area contributed by atoms with Crippen LogP contribution in [-0.4, -0.2) is 53.2 Å². The largest absolute Gasteiger partial charge is 0.338 e. The monoisotopic (exact) mass is 239 g/mol. The van der Waals surface area contributed by atoms with E-state index in [-0.39, 0.29) is 0 Å². The maximum Gasteiger partial charge on any atom is 0.240 e. The summed E-state index contributed by atoms with van der Waals surface area (Å²) in [5, 5.41) is 3.89. The van der Waals surface area contributed by atoms with Gasteiger partial charge in [0.05, 0.1) is 13.1 Å². The van der Waals surface area contributed by atoms with Gasteiger partial charge < -0.3 is 15.2 Å². The number of rotatable bonds is 6. The van der Waals surface area contributed by atoms with Crippen molar-refractivity contribution in [3.05, 3.63) is 11.7 Å². The second-order valence-electron chi connectivity index (χ2n) is 4.59. The van der Waals surface area contributed by atoms with E-state index in [0.29, 0.717) is 12.4 Å². The number of aromatic nitrogens is 2. The van der Waals surface area contributed by atoms with Crippen LogP contribution in [0.15, 0.2) is 4.52 Å². The Balaban J connectivity index is 1.70. The first kappa shape index (κ1) is 12.5. The molecule has 0 aliphatic carbocycles. The average molecular weight is 239 g/mol. The molecule has 0 unspecified atom stereocenters. The highest BCUT2D eigenvalue weighted by Gasteiger charge is 2.13. The molecule has 0 spiro atoms. The predicted molar refractivity (Wildman–Crippen MR) is 64.2 cm³/mol. The van der Waals surface area contributed by atoms with Gasteiger partial charge in [-0.1, -0.05) is 5.16 Å². The highest BCUT2D eigenvalue weighted by Crippen LogP contribution is 2.07. The molecule has 1 aliphatic heterocycles. The van der Waals surface area contributed by atoms with Gasteiger partial charge in [-0.15, -0.1) is 0 Å². The fraction of sp³-hybridized carbons (Fsp3) is 0.818. The van der Waals surface area contributed by atoms with Gasteiger partial charge in [0.1, 0.15) is 0 Å². The molecule has 1 fully saturated rings. The number of nitrogens with zero attached hydrogens (tertiary/aromatic N) is 4. The van der Waals surface area contributed by atoms with Gasteiger partial charge >= 0.3 is 0 Å². The molecule has 96 valence electrons. The molecule has 2 N–H and O–H groups in total. The van der Waals surface area contributed by atoms with Crippen molar-refractivity contribution < 1.29 is 4.52 Å². The Morgan fingerprint density at radius 2 is 2.18 bits per heavy atom. The number of hydrogen-bond acceptors (Lipinski definition) is 6. The minimum Gasteiger partial charge on any atom is -0.338 e. The van der Waals surface area contributed by atoms with Gasteiger partial charge in [-0.3, -0.25) is 4.90 Å². The van der Waals surface area contributed by atoms with Crippen molar-refractivity contribution in [1.82, 2.24) is 19.9 Å². The van der Waals surface area contributed by atoms with Crippen LogP contribution in [0, 0.1) is 0 Å². The maximum absolute atomic E-state index is 5.42. The van der Waals surface area contributed by atoms with E-state index >= 15 is 0 Å². The molecule has 1 aromatic rings. The van der Waals surface area contributed by atoms with Crippen molar-refractivity contribution in [2.45, 2.75) is 25.9 Å². The molecule has 6 heteroatoms. The van der Waals surface area contributed by atoms with Crippen LogP contribution in [0.2, 0.25) is 0 Å². The third-order valence-electron chi connectivity index (χ3n) is 3.09. The van der Waals surface area contributed by atoms with Crippen LogP contribution in [0.3, 0.4) is 0 Å². The van der Waals surface area contributed by atoms with E-state index in [2.05, 4.69) is 27.0 Å². The summed E-state index contributed by atoms with van der Waals surface area (Å²) in [5.41, 5.74) is 5.42. The van der Waals surface area contributed by atoms with E-state index in [4.69, 9.17) is 10.3 Å². The molecule has 0 bridgehead atoms. The molecule has 1 aromatic heterocycles. The van der Waals surface area contributed by atoms with E-state index in [1.165, 1.54) is 25.9 Å². The SMILES string of the molecule is CN(CCN1CCCC1)Cc1noc(CN)n1. The van der Waals surface area contributed by atoms with Crippen LogP contribution < -0.4 is 5.73 Å². The molecule has 1 saturated heterocycles. The Kier molecular flexibility index (Phi) is 4.47. The van der Waals surface area contributed by atoms with Crippen molar-refractivity contribution >= 4 is 0 Å². The van der Waals surface area contributed by atoms with Gasteiger partial charge in [0.2, 0.25) is 5.89 Å². The van der Waals surface area contributed by atoms with E-state index in [0.717, 1.165) is 25.5 Å². The van der Waals surface area contributed by atoms with Crippen molar-refractivity contribution in [1.29, 1.82) is 0 Å². The molecule has 17 heavy (non-hydrogen) atoms. The first-order valence-electron chi connectivity index (χ1n) is 6.20. The standard InChI is InChI=1S/C11H21N5O/c1-15(6-7-16-4-2-3-5-16)9-10-13-11(8-12)17-14-10/h2-9,12H2,1H3. The Bertz CT molecular complexity index is 334. The van der Waals surface area contributed by atoms with Gasteiger partial charge in [-0.05, 0) is 33.0 Å². The zero-order valence-corrected chi connectivity index (χ0v) is 10.4. The molecule has 0 aromatic carbocycles. The molecule has 0 amide bonds. The summed E-state index contributed by atoms with van der Waals surface area (Å²) in [6.45, 7) is 5.67. The summed E-state index contributed by atoms with van der Waals surface area (Å²) in [4.78, 5) is 8.90. The third-order valence-corrected chi connectivity index (χ3v) is 3.09. The van der Waals surface area contributed by atoms with Crippen LogP contribution >= 0.6 is 0 Å². The normalized spacial score (nSPS) is 17.1. The molecule has 1 aliphatic rings. The molecule has 2 rings (SSSR count). The summed E-state index contributed by atoms with van der Waals surface area (Å²) >= 11 is 0. The quantitative estimate of drug-likeness (QED) is 0.756. The second kappa shape index (κ2) is 6.09. The first-order valence-corrected chi connectivity index (χ1v) is 6.20. The number of likely N-dealkylation sites (N-methyl/N-ethyl adjacent to an activating group) is 1. The summed E-state index contributed by atoms with van der Waals surface area (Å²) in [5.74, 6) is 1.22. The molecule has 0 atom stereocenters. The summed E-state index contributed by atoms with van der Waals surface area (Å²) in [6.07, 6.45) is 2.68. The zero-order chi connectivity index (χ0) is 12.1. The minimum absolute atomic E-state index is 0.310. The summed E-state index contributed by atoms with van der Waals surface area (Å²) < 4.78 is 4.97. The lowest BCUT2D eigenvalue weighted by atomic mass is 10.4. The average Bonchev–Trinajstić information content (AvgIpc) is 2.97. The fourth-order valence-corrected chi connectivity index (χ4v) is 2.08. The van der Waals surface area contributed by atoms with Gasteiger partial charge in [0.15, 0.2) is 5.82 Å². The summed E-state index contributed by atoms with van der Waals surface area (Å²) in [6, 6.07) is 0. The Labute approximate surface area is 102 Å². The van der Waals surface area contributed by atoms with Crippen LogP contribution in [0.1, 0.15) is 24.6 Å². The van der Waals surface area contributed by atoms with E-state index < -0.39 is 0 Å². The molecule has 6 nitrogen and oxygen atoms in total. The van der Waals surface area contributed by atoms with Crippen LogP contribution in [0.25, 0.3) is 0 Å². The van der Waals surface area contributed by atoms with E-state index in [9.17, 15) is 0 Å². The van der Waals surface area contributed by atoms with Crippen molar-refractivity contribution in [3.8, 4) is 0 Å².